The fourth-order valence-electron chi connectivity index (χ4n) is 5.33. The van der Waals surface area contributed by atoms with E-state index < -0.39 is 11.9 Å². The Morgan fingerprint density at radius 3 is 2.68 bits per heavy atom. The van der Waals surface area contributed by atoms with E-state index in [1.165, 1.54) is 0 Å². The number of ketones is 1. The number of Topliss-reactive ketones (excluding diaryl/α,β-unsaturated/α-hetero) is 1. The minimum absolute atomic E-state index is 0.0539. The molecule has 0 amide bonds. The van der Waals surface area contributed by atoms with Gasteiger partial charge in [0.25, 0.3) is 0 Å². The largest absolute Gasteiger partial charge is 0.493 e. The molecule has 2 aromatic carbocycles. The number of rotatable bonds is 8. The lowest BCUT2D eigenvalue weighted by Crippen LogP contribution is -2.35. The van der Waals surface area contributed by atoms with Gasteiger partial charge in [0.1, 0.15) is 13.2 Å². The molecule has 1 saturated heterocycles. The molecule has 0 saturated carbocycles. The van der Waals surface area contributed by atoms with Crippen LogP contribution in [0.15, 0.2) is 71.1 Å². The maximum Gasteiger partial charge on any atom is 0.336 e. The van der Waals surface area contributed by atoms with Gasteiger partial charge in [0.15, 0.2) is 17.3 Å². The first kappa shape index (κ1) is 25.1. The molecule has 5 rings (SSSR count). The lowest BCUT2D eigenvalue weighted by molar-refractivity contribution is -0.142. The highest BCUT2D eigenvalue weighted by molar-refractivity contribution is 6.03. The van der Waals surface area contributed by atoms with Crippen LogP contribution in [-0.4, -0.2) is 38.2 Å². The van der Waals surface area contributed by atoms with Gasteiger partial charge >= 0.3 is 5.97 Å². The number of hydrogen-bond donors (Lipinski definition) is 1. The molecule has 2 aromatic rings. The molecule has 7 heteroatoms. The van der Waals surface area contributed by atoms with Gasteiger partial charge in [-0.1, -0.05) is 36.4 Å². The van der Waals surface area contributed by atoms with Crippen molar-refractivity contribution in [3.63, 3.8) is 0 Å². The van der Waals surface area contributed by atoms with Gasteiger partial charge < -0.3 is 24.3 Å². The lowest BCUT2D eigenvalue weighted by Gasteiger charge is -2.34. The monoisotopic (exact) mass is 503 g/mol. The quantitative estimate of drug-likeness (QED) is 0.510. The fourth-order valence-corrected chi connectivity index (χ4v) is 5.33. The first-order valence-electron chi connectivity index (χ1n) is 12.9. The predicted octanol–water partition coefficient (Wildman–Crippen LogP) is 4.96. The van der Waals surface area contributed by atoms with Gasteiger partial charge in [-0.25, -0.2) is 4.79 Å². The Balaban J connectivity index is 1.49. The number of allylic oxidation sites excluding steroid dienone is 3. The van der Waals surface area contributed by atoms with E-state index >= 15 is 0 Å². The van der Waals surface area contributed by atoms with E-state index in [0.29, 0.717) is 48.0 Å². The van der Waals surface area contributed by atoms with Crippen LogP contribution in [0.3, 0.4) is 0 Å². The van der Waals surface area contributed by atoms with Gasteiger partial charge in [-0.15, -0.1) is 0 Å². The Labute approximate surface area is 217 Å². The zero-order valence-electron chi connectivity index (χ0n) is 21.4. The van der Waals surface area contributed by atoms with E-state index in [2.05, 4.69) is 5.32 Å². The van der Waals surface area contributed by atoms with Crippen LogP contribution in [0.5, 0.6) is 11.5 Å². The Kier molecular flexibility index (Phi) is 7.60. The third kappa shape index (κ3) is 5.42. The number of esters is 1. The van der Waals surface area contributed by atoms with Gasteiger partial charge in [-0.3, -0.25) is 4.79 Å². The van der Waals surface area contributed by atoms with Crippen LogP contribution >= 0.6 is 0 Å². The van der Waals surface area contributed by atoms with E-state index in [1.807, 2.05) is 55.5 Å². The molecule has 2 heterocycles. The Morgan fingerprint density at radius 1 is 1.08 bits per heavy atom. The van der Waals surface area contributed by atoms with E-state index in [4.69, 9.17) is 18.9 Å². The second-order valence-corrected chi connectivity index (χ2v) is 9.68. The van der Waals surface area contributed by atoms with Crippen LogP contribution in [0.1, 0.15) is 56.1 Å². The third-order valence-corrected chi connectivity index (χ3v) is 7.18. The fraction of sp³-hybridized carbons (Fsp3) is 0.400. The highest BCUT2D eigenvalue weighted by Gasteiger charge is 2.39. The summed E-state index contributed by atoms with van der Waals surface area (Å²) >= 11 is 0. The smallest absolute Gasteiger partial charge is 0.336 e. The lowest BCUT2D eigenvalue weighted by atomic mass is 9.75. The first-order chi connectivity index (χ1) is 18.0. The van der Waals surface area contributed by atoms with E-state index in [9.17, 15) is 9.59 Å². The summed E-state index contributed by atoms with van der Waals surface area (Å²) in [6.07, 6.45) is 3.78. The normalized spacial score (nSPS) is 21.4. The summed E-state index contributed by atoms with van der Waals surface area (Å²) < 4.78 is 23.1. The molecule has 3 aliphatic rings. The molecular weight excluding hydrogens is 470 g/mol. The van der Waals surface area contributed by atoms with Crippen molar-refractivity contribution in [1.82, 2.24) is 5.32 Å². The number of carbonyl (C=O) groups excluding carboxylic acids is 2. The van der Waals surface area contributed by atoms with Crippen molar-refractivity contribution >= 4 is 11.8 Å². The summed E-state index contributed by atoms with van der Waals surface area (Å²) in [7, 11) is 1.60. The molecule has 0 aromatic heterocycles. The van der Waals surface area contributed by atoms with Gasteiger partial charge in [-0.05, 0) is 55.9 Å². The summed E-state index contributed by atoms with van der Waals surface area (Å²) in [6, 6.07) is 15.5. The molecule has 2 aliphatic heterocycles. The molecular formula is C30H33NO6. The van der Waals surface area contributed by atoms with Crippen LogP contribution in [0, 0.1) is 0 Å². The number of nitrogens with one attached hydrogen (secondary N) is 1. The predicted molar refractivity (Wildman–Crippen MR) is 138 cm³/mol. The van der Waals surface area contributed by atoms with E-state index in [1.54, 1.807) is 7.11 Å². The van der Waals surface area contributed by atoms with Gasteiger partial charge in [0.2, 0.25) is 0 Å². The maximum absolute atomic E-state index is 13.5. The van der Waals surface area contributed by atoms with Crippen molar-refractivity contribution in [1.29, 1.82) is 0 Å². The molecule has 1 fully saturated rings. The van der Waals surface area contributed by atoms with Crippen molar-refractivity contribution in [2.24, 2.45) is 0 Å². The average Bonchev–Trinajstić information content (AvgIpc) is 3.44. The van der Waals surface area contributed by atoms with Gasteiger partial charge in [-0.2, -0.15) is 0 Å². The summed E-state index contributed by atoms with van der Waals surface area (Å²) in [5, 5.41) is 3.34. The number of benzene rings is 2. The average molecular weight is 504 g/mol. The molecule has 7 nitrogen and oxygen atoms in total. The Hall–Kier alpha value is -3.58. The van der Waals surface area contributed by atoms with Crippen LogP contribution < -0.4 is 14.8 Å². The zero-order chi connectivity index (χ0) is 25.8. The molecule has 2 atom stereocenters. The minimum Gasteiger partial charge on any atom is -0.493 e. The molecule has 0 unspecified atom stereocenters. The highest BCUT2D eigenvalue weighted by Crippen LogP contribution is 2.44. The molecule has 0 radical (unpaired) electrons. The number of dihydropyridines is 1. The first-order valence-corrected chi connectivity index (χ1v) is 12.9. The number of hydrogen-bond acceptors (Lipinski definition) is 7. The molecule has 1 N–H and O–H groups in total. The topological polar surface area (TPSA) is 83.1 Å². The summed E-state index contributed by atoms with van der Waals surface area (Å²) in [5.74, 6) is 0.209. The molecule has 37 heavy (non-hydrogen) atoms. The van der Waals surface area contributed by atoms with Gasteiger partial charge in [0.05, 0.1) is 18.8 Å². The van der Waals surface area contributed by atoms with Crippen LogP contribution in [0.4, 0.5) is 0 Å². The van der Waals surface area contributed by atoms with Crippen LogP contribution in [0.2, 0.25) is 0 Å². The van der Waals surface area contributed by atoms with Crippen molar-refractivity contribution in [3.8, 4) is 11.5 Å². The van der Waals surface area contributed by atoms with E-state index in [0.717, 1.165) is 42.5 Å². The van der Waals surface area contributed by atoms with Crippen LogP contribution in [-0.2, 0) is 25.7 Å². The SMILES string of the molecule is COc1ccc([C@H]2C(C(=O)OC[C@H]3CCCO3)=C(C)NC3=C2C(=O)CCC3)cc1OCc1ccccc1. The Bertz CT molecular complexity index is 1230. The third-order valence-electron chi connectivity index (χ3n) is 7.18. The Morgan fingerprint density at radius 2 is 1.92 bits per heavy atom. The molecule has 194 valence electrons. The van der Waals surface area contributed by atoms with Crippen molar-refractivity contribution < 1.29 is 28.5 Å². The molecule has 0 bridgehead atoms. The van der Waals surface area contributed by atoms with Crippen LogP contribution in [0.25, 0.3) is 0 Å². The van der Waals surface area contributed by atoms with Crippen molar-refractivity contribution in [3.05, 3.63) is 82.2 Å². The molecule has 1 aliphatic carbocycles. The summed E-state index contributed by atoms with van der Waals surface area (Å²) in [6.45, 7) is 3.13. The summed E-state index contributed by atoms with van der Waals surface area (Å²) in [4.78, 5) is 26.7. The second-order valence-electron chi connectivity index (χ2n) is 9.68. The zero-order valence-corrected chi connectivity index (χ0v) is 21.4. The van der Waals surface area contributed by atoms with Gasteiger partial charge in [0, 0.05) is 35.9 Å². The second kappa shape index (κ2) is 11.2. The molecule has 0 spiro atoms. The maximum atomic E-state index is 13.5. The number of methoxy groups -OCH3 is 1. The highest BCUT2D eigenvalue weighted by atomic mass is 16.6. The number of ether oxygens (including phenoxy) is 4. The number of carbonyl (C=O) groups is 2. The van der Waals surface area contributed by atoms with E-state index in [-0.39, 0.29) is 18.5 Å². The standard InChI is InChI=1S/C30H33NO6/c1-19-27(30(33)37-18-22-10-7-15-35-22)28(29-23(31-19)11-6-12-24(29)32)21-13-14-25(34-2)26(16-21)36-17-20-8-4-3-5-9-20/h3-5,8-9,13-14,16,22,28,31H,6-7,10-12,15,17-18H2,1-2H3/t22-,28+/m1/s1. The summed E-state index contributed by atoms with van der Waals surface area (Å²) in [5.41, 5.74) is 4.50. The van der Waals surface area contributed by atoms with Crippen molar-refractivity contribution in [2.75, 3.05) is 20.3 Å². The minimum atomic E-state index is -0.550. The van der Waals surface area contributed by atoms with Crippen molar-refractivity contribution in [2.45, 2.75) is 57.7 Å².